The molecule has 1 atom stereocenters. The van der Waals surface area contributed by atoms with Crippen LogP contribution < -0.4 is 10.2 Å². The van der Waals surface area contributed by atoms with E-state index in [1.165, 1.54) is 25.7 Å². The molecule has 3 rings (SSSR count). The number of hydrogen-bond acceptors (Lipinski definition) is 3. The third-order valence-electron chi connectivity index (χ3n) is 4.64. The van der Waals surface area contributed by atoms with Gasteiger partial charge >= 0.3 is 0 Å². The maximum absolute atomic E-state index is 9.31. The lowest BCUT2D eigenvalue weighted by molar-refractivity contribution is 0.173. The number of nitrogens with zero attached hydrogens (tertiary/aromatic N) is 2. The maximum atomic E-state index is 9.31. The van der Waals surface area contributed by atoms with Crippen LogP contribution in [-0.2, 0) is 0 Å². The first-order valence-corrected chi connectivity index (χ1v) is 7.76. The highest BCUT2D eigenvalue weighted by atomic mass is 35.5. The van der Waals surface area contributed by atoms with Gasteiger partial charge in [-0.3, -0.25) is 0 Å². The second kappa shape index (κ2) is 5.63. The van der Waals surface area contributed by atoms with Crippen molar-refractivity contribution < 1.29 is 0 Å². The van der Waals surface area contributed by atoms with E-state index in [0.29, 0.717) is 10.4 Å². The van der Waals surface area contributed by atoms with E-state index >= 15 is 0 Å². The van der Waals surface area contributed by atoms with Gasteiger partial charge in [-0.15, -0.1) is 0 Å². The smallest absolute Gasteiger partial charge is 0.101 e. The topological polar surface area (TPSA) is 39.1 Å². The van der Waals surface area contributed by atoms with Gasteiger partial charge in [0.05, 0.1) is 11.3 Å². The Morgan fingerprint density at radius 1 is 1.30 bits per heavy atom. The van der Waals surface area contributed by atoms with Gasteiger partial charge in [-0.05, 0) is 50.4 Å². The Morgan fingerprint density at radius 2 is 2.15 bits per heavy atom. The number of nitriles is 1. The number of rotatable bonds is 1. The molecule has 4 heteroatoms. The molecule has 0 amide bonds. The molecule has 20 heavy (non-hydrogen) atoms. The number of hydrogen-bond donors (Lipinski definition) is 1. The van der Waals surface area contributed by atoms with E-state index in [0.717, 1.165) is 37.4 Å². The summed E-state index contributed by atoms with van der Waals surface area (Å²) < 4.78 is 0. The normalized spacial score (nSPS) is 26.5. The first-order valence-electron chi connectivity index (χ1n) is 7.38. The second-order valence-electron chi connectivity index (χ2n) is 6.08. The van der Waals surface area contributed by atoms with Crippen molar-refractivity contribution in [2.24, 2.45) is 5.41 Å². The van der Waals surface area contributed by atoms with Crippen molar-refractivity contribution in [3.63, 3.8) is 0 Å². The minimum atomic E-state index is 0.380. The zero-order chi connectivity index (χ0) is 14.0. The van der Waals surface area contributed by atoms with Gasteiger partial charge in [0.1, 0.15) is 6.07 Å². The van der Waals surface area contributed by atoms with Gasteiger partial charge in [0.2, 0.25) is 0 Å². The highest BCUT2D eigenvalue weighted by Crippen LogP contribution is 2.38. The van der Waals surface area contributed by atoms with E-state index in [1.807, 2.05) is 12.1 Å². The molecule has 0 bridgehead atoms. The molecular weight excluding hydrogens is 270 g/mol. The fourth-order valence-electron chi connectivity index (χ4n) is 3.65. The summed E-state index contributed by atoms with van der Waals surface area (Å²) in [5.74, 6) is 0. The van der Waals surface area contributed by atoms with Crippen molar-refractivity contribution >= 4 is 17.3 Å². The highest BCUT2D eigenvalue weighted by Gasteiger charge is 2.37. The summed E-state index contributed by atoms with van der Waals surface area (Å²) in [7, 11) is 0. The van der Waals surface area contributed by atoms with Crippen LogP contribution >= 0.6 is 11.6 Å². The molecule has 106 valence electrons. The maximum Gasteiger partial charge on any atom is 0.101 e. The Balaban J connectivity index is 1.87. The molecule has 2 aliphatic rings. The molecule has 1 aromatic carbocycles. The summed E-state index contributed by atoms with van der Waals surface area (Å²) in [4.78, 5) is 2.36. The Labute approximate surface area is 125 Å². The molecular formula is C16H20ClN3. The summed E-state index contributed by atoms with van der Waals surface area (Å²) in [6.45, 7) is 4.31. The molecule has 0 radical (unpaired) electrons. The van der Waals surface area contributed by atoms with Crippen molar-refractivity contribution in [1.29, 1.82) is 5.26 Å². The number of nitrogens with one attached hydrogen (secondary N) is 1. The van der Waals surface area contributed by atoms with Gasteiger partial charge in [-0.25, -0.2) is 0 Å². The van der Waals surface area contributed by atoms with Crippen molar-refractivity contribution in [2.75, 3.05) is 31.1 Å². The molecule has 3 nitrogen and oxygen atoms in total. The van der Waals surface area contributed by atoms with Crippen LogP contribution in [0.2, 0.25) is 5.02 Å². The fourth-order valence-corrected chi connectivity index (χ4v) is 3.82. The average Bonchev–Trinajstić information content (AvgIpc) is 2.48. The van der Waals surface area contributed by atoms with Gasteiger partial charge in [-0.2, -0.15) is 5.26 Å². The minimum absolute atomic E-state index is 0.380. The third kappa shape index (κ3) is 2.63. The van der Waals surface area contributed by atoms with Gasteiger partial charge in [0, 0.05) is 30.1 Å². The van der Waals surface area contributed by atoms with Crippen LogP contribution in [0.15, 0.2) is 18.2 Å². The van der Waals surface area contributed by atoms with E-state index in [4.69, 9.17) is 11.6 Å². The van der Waals surface area contributed by atoms with Crippen LogP contribution in [0.4, 0.5) is 5.69 Å². The van der Waals surface area contributed by atoms with Crippen LogP contribution in [0.25, 0.3) is 0 Å². The third-order valence-corrected chi connectivity index (χ3v) is 4.88. The van der Waals surface area contributed by atoms with E-state index < -0.39 is 0 Å². The molecule has 1 spiro atoms. The molecule has 0 saturated carbocycles. The van der Waals surface area contributed by atoms with Gasteiger partial charge in [0.15, 0.2) is 0 Å². The Kier molecular flexibility index (Phi) is 3.87. The number of anilines is 1. The van der Waals surface area contributed by atoms with Crippen molar-refractivity contribution in [2.45, 2.75) is 25.7 Å². The molecule has 2 saturated heterocycles. The van der Waals surface area contributed by atoms with Gasteiger partial charge < -0.3 is 10.2 Å². The van der Waals surface area contributed by atoms with E-state index in [2.05, 4.69) is 16.3 Å². The monoisotopic (exact) mass is 289 g/mol. The summed E-state index contributed by atoms with van der Waals surface area (Å²) in [5.41, 5.74) is 2.12. The zero-order valence-electron chi connectivity index (χ0n) is 11.7. The largest absolute Gasteiger partial charge is 0.370 e. The lowest BCUT2D eigenvalue weighted by Crippen LogP contribution is -2.51. The first-order chi connectivity index (χ1) is 9.72. The van der Waals surface area contributed by atoms with E-state index in [9.17, 15) is 5.26 Å². The summed E-state index contributed by atoms with van der Waals surface area (Å²) in [5, 5.41) is 13.6. The van der Waals surface area contributed by atoms with Crippen LogP contribution in [0.3, 0.4) is 0 Å². The zero-order valence-corrected chi connectivity index (χ0v) is 12.4. The molecule has 1 N–H and O–H groups in total. The van der Waals surface area contributed by atoms with Crippen LogP contribution in [-0.4, -0.2) is 26.2 Å². The minimum Gasteiger partial charge on any atom is -0.370 e. The summed E-state index contributed by atoms with van der Waals surface area (Å²) in [6.07, 6.45) is 5.03. The van der Waals surface area contributed by atoms with E-state index in [-0.39, 0.29) is 0 Å². The Morgan fingerprint density at radius 3 is 2.90 bits per heavy atom. The Hall–Kier alpha value is -1.24. The van der Waals surface area contributed by atoms with Crippen LogP contribution in [0, 0.1) is 16.7 Å². The second-order valence-corrected chi connectivity index (χ2v) is 6.52. The van der Waals surface area contributed by atoms with E-state index in [1.54, 1.807) is 6.07 Å². The quantitative estimate of drug-likeness (QED) is 0.863. The summed E-state index contributed by atoms with van der Waals surface area (Å²) in [6, 6.07) is 7.86. The molecule has 1 unspecified atom stereocenters. The fraction of sp³-hybridized carbons (Fsp3) is 0.562. The van der Waals surface area contributed by atoms with Crippen LogP contribution in [0.1, 0.15) is 31.2 Å². The number of benzene rings is 1. The van der Waals surface area contributed by atoms with Gasteiger partial charge in [0.25, 0.3) is 0 Å². The van der Waals surface area contributed by atoms with Gasteiger partial charge in [-0.1, -0.05) is 11.6 Å². The van der Waals surface area contributed by atoms with Crippen molar-refractivity contribution in [3.05, 3.63) is 28.8 Å². The molecule has 2 fully saturated rings. The predicted octanol–water partition coefficient (Wildman–Crippen LogP) is 3.18. The number of piperidine rings is 2. The SMILES string of the molecule is N#Cc1ccc(Cl)cc1N1CCCC2(CCCNC2)C1. The first kappa shape index (κ1) is 13.7. The molecule has 0 aliphatic carbocycles. The molecule has 0 aromatic heterocycles. The summed E-state index contributed by atoms with van der Waals surface area (Å²) >= 11 is 6.12. The standard InChI is InChI=1S/C16H20ClN3/c17-14-4-3-13(10-18)15(9-14)20-8-2-6-16(12-20)5-1-7-19-11-16/h3-4,9,19H,1-2,5-8,11-12H2. The molecule has 2 heterocycles. The number of halogens is 1. The Bertz CT molecular complexity index is 524. The lowest BCUT2D eigenvalue weighted by atomic mass is 9.74. The molecule has 1 aromatic rings. The molecule has 2 aliphatic heterocycles. The van der Waals surface area contributed by atoms with Crippen LogP contribution in [0.5, 0.6) is 0 Å². The highest BCUT2D eigenvalue weighted by molar-refractivity contribution is 6.30. The predicted molar refractivity (Wildman–Crippen MR) is 82.2 cm³/mol. The van der Waals surface area contributed by atoms with Crippen molar-refractivity contribution in [1.82, 2.24) is 5.32 Å². The van der Waals surface area contributed by atoms with Crippen molar-refractivity contribution in [3.8, 4) is 6.07 Å². The average molecular weight is 290 g/mol. The lowest BCUT2D eigenvalue weighted by Gasteiger charge is -2.46.